The van der Waals surface area contributed by atoms with Gasteiger partial charge in [0.05, 0.1) is 0 Å². The third-order valence-corrected chi connectivity index (χ3v) is 5.81. The Kier molecular flexibility index (Phi) is 13.7. The van der Waals surface area contributed by atoms with Crippen molar-refractivity contribution in [3.63, 3.8) is 0 Å². The summed E-state index contributed by atoms with van der Waals surface area (Å²) in [6.45, 7) is 9.38. The van der Waals surface area contributed by atoms with E-state index >= 15 is 0 Å². The van der Waals surface area contributed by atoms with Crippen LogP contribution >= 0.6 is 0 Å². The fraction of sp³-hybridized carbons (Fsp3) is 0.469. The molecular formula is C32H38F4N2O9. The molecule has 0 saturated heterocycles. The Balaban J connectivity index is 2.31. The van der Waals surface area contributed by atoms with Crippen molar-refractivity contribution in [3.05, 3.63) is 65.2 Å². The van der Waals surface area contributed by atoms with Crippen molar-refractivity contribution in [2.24, 2.45) is 0 Å². The smallest absolute Gasteiger partial charge is 0.408 e. The number of carbonyl (C=O) groups is 5. The molecular weight excluding hydrogens is 632 g/mol. The average molecular weight is 671 g/mol. The van der Waals surface area contributed by atoms with Gasteiger partial charge in [0, 0.05) is 18.9 Å². The van der Waals surface area contributed by atoms with Crippen molar-refractivity contribution in [3.8, 4) is 5.75 Å². The minimum atomic E-state index is -2.02. The highest BCUT2D eigenvalue weighted by Gasteiger charge is 2.32. The molecule has 2 N–H and O–H groups in total. The van der Waals surface area contributed by atoms with E-state index in [0.29, 0.717) is 5.56 Å². The number of esters is 3. The summed E-state index contributed by atoms with van der Waals surface area (Å²) in [5.41, 5.74) is -1.18. The zero-order valence-corrected chi connectivity index (χ0v) is 26.8. The van der Waals surface area contributed by atoms with Crippen LogP contribution < -0.4 is 15.4 Å². The standard InChI is InChI=1S/C32H38F4N2O9/c1-31(2,3)46-23(39)14-12-21(38-30(43)44-17-18-10-8-7-9-11-18)28(41)37-22(13-15-24(40)47-32(4,5)6)29(42)45-27-25(35)19(33)16-20(34)26(27)36/h7-11,16,21-22H,12-15,17H2,1-6H3,(H,37,41)(H,38,43)/t21-,22-/m0/s1. The van der Waals surface area contributed by atoms with E-state index in [-0.39, 0.29) is 25.5 Å². The molecule has 0 saturated carbocycles. The van der Waals surface area contributed by atoms with E-state index < -0.39 is 95.1 Å². The van der Waals surface area contributed by atoms with E-state index in [4.69, 9.17) is 14.2 Å². The maximum atomic E-state index is 14.3. The highest BCUT2D eigenvalue weighted by atomic mass is 19.2. The molecule has 0 aliphatic carbocycles. The van der Waals surface area contributed by atoms with Gasteiger partial charge in [0.2, 0.25) is 23.3 Å². The van der Waals surface area contributed by atoms with Gasteiger partial charge in [-0.2, -0.15) is 8.78 Å². The van der Waals surface area contributed by atoms with Gasteiger partial charge in [0.15, 0.2) is 11.6 Å². The summed E-state index contributed by atoms with van der Waals surface area (Å²) in [6.07, 6.45) is -2.94. The van der Waals surface area contributed by atoms with Crippen molar-refractivity contribution in [1.82, 2.24) is 10.6 Å². The lowest BCUT2D eigenvalue weighted by atomic mass is 10.1. The van der Waals surface area contributed by atoms with Gasteiger partial charge >= 0.3 is 24.0 Å². The van der Waals surface area contributed by atoms with Crippen molar-refractivity contribution in [2.75, 3.05) is 0 Å². The van der Waals surface area contributed by atoms with E-state index in [1.807, 2.05) is 0 Å². The van der Waals surface area contributed by atoms with Crippen molar-refractivity contribution < 1.29 is 60.5 Å². The Hall–Kier alpha value is -4.69. The van der Waals surface area contributed by atoms with E-state index in [0.717, 1.165) is 0 Å². The average Bonchev–Trinajstić information content (AvgIpc) is 2.96. The molecule has 0 aromatic heterocycles. The Morgan fingerprint density at radius 1 is 0.723 bits per heavy atom. The predicted octanol–water partition coefficient (Wildman–Crippen LogP) is 5.17. The monoisotopic (exact) mass is 670 g/mol. The molecule has 2 atom stereocenters. The van der Waals surface area contributed by atoms with Crippen LogP contribution in [-0.2, 0) is 40.0 Å². The first-order valence-electron chi connectivity index (χ1n) is 14.5. The van der Waals surface area contributed by atoms with Crippen LogP contribution in [-0.4, -0.2) is 53.2 Å². The van der Waals surface area contributed by atoms with Crippen LogP contribution in [0.25, 0.3) is 0 Å². The molecule has 47 heavy (non-hydrogen) atoms. The van der Waals surface area contributed by atoms with Crippen LogP contribution in [0.4, 0.5) is 22.4 Å². The van der Waals surface area contributed by atoms with Crippen molar-refractivity contribution >= 4 is 29.9 Å². The van der Waals surface area contributed by atoms with Crippen LogP contribution in [0.15, 0.2) is 36.4 Å². The number of nitrogens with one attached hydrogen (secondary N) is 2. The van der Waals surface area contributed by atoms with Gasteiger partial charge in [-0.15, -0.1) is 0 Å². The lowest BCUT2D eigenvalue weighted by Gasteiger charge is -2.24. The van der Waals surface area contributed by atoms with E-state index in [9.17, 15) is 41.5 Å². The number of benzene rings is 2. The lowest BCUT2D eigenvalue weighted by molar-refractivity contribution is -0.156. The molecule has 0 bridgehead atoms. The summed E-state index contributed by atoms with van der Waals surface area (Å²) in [5, 5.41) is 4.48. The number of halogens is 4. The summed E-state index contributed by atoms with van der Waals surface area (Å²) >= 11 is 0. The number of carbonyl (C=O) groups excluding carboxylic acids is 5. The molecule has 11 nitrogen and oxygen atoms in total. The first-order valence-corrected chi connectivity index (χ1v) is 14.5. The molecule has 0 aliphatic rings. The fourth-order valence-electron chi connectivity index (χ4n) is 3.82. The molecule has 2 rings (SSSR count). The van der Waals surface area contributed by atoms with Crippen molar-refractivity contribution in [2.45, 2.75) is 97.1 Å². The third kappa shape index (κ3) is 13.7. The topological polar surface area (TPSA) is 146 Å². The summed E-state index contributed by atoms with van der Waals surface area (Å²) in [5.74, 6) is -13.8. The van der Waals surface area contributed by atoms with Crippen molar-refractivity contribution in [1.29, 1.82) is 0 Å². The number of amides is 2. The van der Waals surface area contributed by atoms with E-state index in [2.05, 4.69) is 15.4 Å². The number of hydrogen-bond acceptors (Lipinski definition) is 9. The van der Waals surface area contributed by atoms with Crippen LogP contribution in [0.1, 0.15) is 72.8 Å². The zero-order chi connectivity index (χ0) is 35.5. The highest BCUT2D eigenvalue weighted by molar-refractivity contribution is 5.90. The Morgan fingerprint density at radius 3 is 1.70 bits per heavy atom. The van der Waals surface area contributed by atoms with Crippen LogP contribution in [0.5, 0.6) is 5.75 Å². The van der Waals surface area contributed by atoms with Gasteiger partial charge in [0.1, 0.15) is 29.9 Å². The second-order valence-corrected chi connectivity index (χ2v) is 12.3. The molecule has 0 spiro atoms. The van der Waals surface area contributed by atoms with Gasteiger partial charge in [-0.25, -0.2) is 18.4 Å². The largest absolute Gasteiger partial charge is 0.460 e. The minimum absolute atomic E-state index is 0.0957. The molecule has 258 valence electrons. The molecule has 0 aliphatic heterocycles. The second kappa shape index (κ2) is 16.7. The number of rotatable bonds is 13. The summed E-state index contributed by atoms with van der Waals surface area (Å²) in [4.78, 5) is 63.8. The number of alkyl carbamates (subject to hydrolysis) is 1. The third-order valence-electron chi connectivity index (χ3n) is 5.81. The molecule has 2 aromatic carbocycles. The van der Waals surface area contributed by atoms with Crippen LogP contribution in [0.2, 0.25) is 0 Å². The molecule has 15 heteroatoms. The quantitative estimate of drug-likeness (QED) is 0.0969. The van der Waals surface area contributed by atoms with Gasteiger partial charge in [-0.1, -0.05) is 30.3 Å². The minimum Gasteiger partial charge on any atom is -0.460 e. The first kappa shape index (κ1) is 38.5. The lowest BCUT2D eigenvalue weighted by Crippen LogP contribution is -2.52. The second-order valence-electron chi connectivity index (χ2n) is 12.3. The number of ether oxygens (including phenoxy) is 4. The molecule has 0 radical (unpaired) electrons. The van der Waals surface area contributed by atoms with Gasteiger partial charge < -0.3 is 29.6 Å². The Morgan fingerprint density at radius 2 is 1.21 bits per heavy atom. The highest BCUT2D eigenvalue weighted by Crippen LogP contribution is 2.27. The van der Waals surface area contributed by atoms with Gasteiger partial charge in [-0.3, -0.25) is 14.4 Å². The Bertz CT molecular complexity index is 1410. The van der Waals surface area contributed by atoms with Crippen LogP contribution in [0, 0.1) is 23.3 Å². The summed E-state index contributed by atoms with van der Waals surface area (Å²) in [7, 11) is 0. The summed E-state index contributed by atoms with van der Waals surface area (Å²) in [6, 6.07) is 5.00. The van der Waals surface area contributed by atoms with E-state index in [1.54, 1.807) is 71.9 Å². The predicted molar refractivity (Wildman–Crippen MR) is 158 cm³/mol. The van der Waals surface area contributed by atoms with Gasteiger partial charge in [0.25, 0.3) is 0 Å². The Labute approximate surface area is 269 Å². The molecule has 0 fully saturated rings. The maximum Gasteiger partial charge on any atom is 0.408 e. The SMILES string of the molecule is CC(C)(C)OC(=O)CC[C@H](NC(=O)OCc1ccccc1)C(=O)N[C@@H](CCC(=O)OC(C)(C)C)C(=O)Oc1c(F)c(F)cc(F)c1F. The molecule has 0 unspecified atom stereocenters. The summed E-state index contributed by atoms with van der Waals surface area (Å²) < 4.78 is 76.2. The zero-order valence-electron chi connectivity index (χ0n) is 26.8. The van der Waals surface area contributed by atoms with Gasteiger partial charge in [-0.05, 0) is 59.9 Å². The normalized spacial score (nSPS) is 12.7. The maximum absolute atomic E-state index is 14.3. The molecule has 2 aromatic rings. The first-order chi connectivity index (χ1) is 21.8. The number of hydrogen-bond donors (Lipinski definition) is 2. The van der Waals surface area contributed by atoms with Crippen LogP contribution in [0.3, 0.4) is 0 Å². The molecule has 0 heterocycles. The fourth-order valence-corrected chi connectivity index (χ4v) is 3.82. The van der Waals surface area contributed by atoms with E-state index in [1.165, 1.54) is 0 Å². The molecule has 2 amide bonds.